The second kappa shape index (κ2) is 9.64. The molecule has 2 heterocycles. The molecule has 33 heavy (non-hydrogen) atoms. The number of aromatic nitrogens is 2. The van der Waals surface area contributed by atoms with Crippen molar-refractivity contribution >= 4 is 45.9 Å². The number of rotatable bonds is 9. The molecular weight excluding hydrogens is 454 g/mol. The fraction of sp³-hybridized carbons (Fsp3) is 0.200. The molecule has 1 amide bonds. The Bertz CT molecular complexity index is 1250. The van der Waals surface area contributed by atoms with Crippen molar-refractivity contribution in [1.29, 1.82) is 0 Å². The zero-order valence-corrected chi connectivity index (χ0v) is 19.9. The summed E-state index contributed by atoms with van der Waals surface area (Å²) in [6.07, 6.45) is 3.74. The van der Waals surface area contributed by atoms with E-state index in [1.807, 2.05) is 66.2 Å². The van der Waals surface area contributed by atoms with Crippen LogP contribution in [0.3, 0.4) is 0 Å². The number of carboxylic acids is 1. The van der Waals surface area contributed by atoms with Gasteiger partial charge in [0.05, 0.1) is 26.7 Å². The van der Waals surface area contributed by atoms with E-state index in [2.05, 4.69) is 9.97 Å². The van der Waals surface area contributed by atoms with E-state index in [1.54, 1.807) is 25.2 Å². The average Bonchev–Trinajstić information content (AvgIpc) is 3.50. The highest BCUT2D eigenvalue weighted by atomic mass is 32.1. The molecule has 0 aliphatic heterocycles. The molecule has 4 aromatic rings. The number of aliphatic carboxylic acids is 1. The van der Waals surface area contributed by atoms with Gasteiger partial charge in [-0.25, -0.2) is 9.97 Å². The third-order valence-corrected chi connectivity index (χ3v) is 7.35. The summed E-state index contributed by atoms with van der Waals surface area (Å²) in [6, 6.07) is 17.5. The number of carboxylic acid groups (broad SMARTS) is 1. The van der Waals surface area contributed by atoms with Crippen LogP contribution in [-0.4, -0.2) is 27.5 Å². The fourth-order valence-corrected chi connectivity index (χ4v) is 4.95. The van der Waals surface area contributed by atoms with E-state index >= 15 is 0 Å². The van der Waals surface area contributed by atoms with E-state index in [-0.39, 0.29) is 0 Å². The highest BCUT2D eigenvalue weighted by molar-refractivity contribution is 7.15. The van der Waals surface area contributed by atoms with Crippen LogP contribution in [-0.2, 0) is 16.0 Å². The molecule has 1 N–H and O–H groups in total. The number of hydrogen-bond donors (Lipinski definition) is 1. The van der Waals surface area contributed by atoms with Crippen LogP contribution >= 0.6 is 22.7 Å². The molecule has 0 atom stereocenters. The molecule has 6 nitrogen and oxygen atoms in total. The van der Waals surface area contributed by atoms with Gasteiger partial charge in [-0.05, 0) is 38.0 Å². The molecule has 2 aromatic carbocycles. The van der Waals surface area contributed by atoms with Gasteiger partial charge in [0, 0.05) is 23.6 Å². The minimum atomic E-state index is -0.800. The smallest absolute Gasteiger partial charge is 0.309 e. The summed E-state index contributed by atoms with van der Waals surface area (Å²) in [5, 5.41) is 12.8. The maximum Gasteiger partial charge on any atom is 0.309 e. The highest BCUT2D eigenvalue weighted by Crippen LogP contribution is 2.34. The number of thiazole rings is 2. The molecular formula is C25H23N3O3S2. The number of anilines is 2. The van der Waals surface area contributed by atoms with Gasteiger partial charge >= 0.3 is 5.97 Å². The SMILES string of the molecule is CC(C)(CCc1ncc(-c2ccc(N(C=O)c3nc(-c4ccccc4)cs3)cc2)s1)C(=O)O. The second-order valence-electron chi connectivity index (χ2n) is 8.21. The van der Waals surface area contributed by atoms with Crippen LogP contribution < -0.4 is 4.90 Å². The summed E-state index contributed by atoms with van der Waals surface area (Å²) in [4.78, 5) is 34.8. The van der Waals surface area contributed by atoms with E-state index < -0.39 is 11.4 Å². The first-order valence-corrected chi connectivity index (χ1v) is 12.1. The van der Waals surface area contributed by atoms with Gasteiger partial charge < -0.3 is 5.11 Å². The molecule has 2 aromatic heterocycles. The number of carbonyl (C=O) groups excluding carboxylic acids is 1. The van der Waals surface area contributed by atoms with Gasteiger partial charge in [-0.2, -0.15) is 0 Å². The van der Waals surface area contributed by atoms with Crippen molar-refractivity contribution in [2.45, 2.75) is 26.7 Å². The summed E-state index contributed by atoms with van der Waals surface area (Å²) < 4.78 is 0. The van der Waals surface area contributed by atoms with E-state index in [9.17, 15) is 14.7 Å². The van der Waals surface area contributed by atoms with Gasteiger partial charge in [0.2, 0.25) is 6.41 Å². The van der Waals surface area contributed by atoms with E-state index in [0.717, 1.165) is 38.8 Å². The Morgan fingerprint density at radius 1 is 1.09 bits per heavy atom. The van der Waals surface area contributed by atoms with Crippen molar-refractivity contribution in [2.24, 2.45) is 5.41 Å². The van der Waals surface area contributed by atoms with Crippen molar-refractivity contribution in [3.05, 3.63) is 71.2 Å². The monoisotopic (exact) mass is 477 g/mol. The summed E-state index contributed by atoms with van der Waals surface area (Å²) in [5.41, 5.74) is 2.80. The molecule has 0 unspecified atom stereocenters. The standard InChI is InChI=1S/C25H23N3O3S2/c1-25(2,23(30)31)13-12-22-26-14-21(33-22)18-8-10-19(11-9-18)28(16-29)24-27-20(15-32-24)17-6-4-3-5-7-17/h3-11,14-16H,12-13H2,1-2H3,(H,30,31). The van der Waals surface area contributed by atoms with Gasteiger partial charge in [0.25, 0.3) is 0 Å². The molecule has 0 saturated carbocycles. The maximum absolute atomic E-state index is 11.9. The first kappa shape index (κ1) is 22.8. The third-order valence-electron chi connectivity index (χ3n) is 5.40. The molecule has 0 bridgehead atoms. The van der Waals surface area contributed by atoms with Gasteiger partial charge in [0.15, 0.2) is 5.13 Å². The van der Waals surface area contributed by atoms with Crippen molar-refractivity contribution in [1.82, 2.24) is 9.97 Å². The molecule has 8 heteroatoms. The Labute approximate surface area is 200 Å². The molecule has 4 rings (SSSR count). The van der Waals surface area contributed by atoms with Crippen LogP contribution in [0.2, 0.25) is 0 Å². The minimum absolute atomic E-state index is 0.529. The van der Waals surface area contributed by atoms with Crippen LogP contribution in [0.1, 0.15) is 25.3 Å². The summed E-state index contributed by atoms with van der Waals surface area (Å²) in [5.74, 6) is -0.800. The van der Waals surface area contributed by atoms with Crippen LogP contribution in [0.5, 0.6) is 0 Å². The van der Waals surface area contributed by atoms with E-state index in [0.29, 0.717) is 18.0 Å². The van der Waals surface area contributed by atoms with Crippen LogP contribution in [0.25, 0.3) is 21.7 Å². The largest absolute Gasteiger partial charge is 0.481 e. The molecule has 168 valence electrons. The Hall–Kier alpha value is -3.36. The molecule has 0 radical (unpaired) electrons. The lowest BCUT2D eigenvalue weighted by molar-refractivity contribution is -0.147. The Balaban J connectivity index is 1.48. The fourth-order valence-electron chi connectivity index (χ4n) is 3.20. The predicted molar refractivity (Wildman–Crippen MR) is 133 cm³/mol. The maximum atomic E-state index is 11.9. The second-order valence-corrected chi connectivity index (χ2v) is 10.2. The number of carbonyl (C=O) groups is 2. The molecule has 0 aliphatic carbocycles. The quantitative estimate of drug-likeness (QED) is 0.287. The number of amides is 1. The van der Waals surface area contributed by atoms with E-state index in [4.69, 9.17) is 0 Å². The number of nitrogens with zero attached hydrogens (tertiary/aromatic N) is 3. The van der Waals surface area contributed by atoms with Crippen molar-refractivity contribution in [2.75, 3.05) is 4.90 Å². The normalized spacial score (nSPS) is 11.3. The lowest BCUT2D eigenvalue weighted by Crippen LogP contribution is -2.24. The molecule has 0 aliphatic rings. The Morgan fingerprint density at radius 2 is 1.82 bits per heavy atom. The third kappa shape index (κ3) is 5.18. The van der Waals surface area contributed by atoms with Crippen LogP contribution in [0.15, 0.2) is 66.2 Å². The average molecular weight is 478 g/mol. The Kier molecular flexibility index (Phi) is 6.67. The zero-order valence-electron chi connectivity index (χ0n) is 18.3. The highest BCUT2D eigenvalue weighted by Gasteiger charge is 2.27. The van der Waals surface area contributed by atoms with Crippen molar-refractivity contribution < 1.29 is 14.7 Å². The molecule has 0 spiro atoms. The minimum Gasteiger partial charge on any atom is -0.481 e. The van der Waals surface area contributed by atoms with Gasteiger partial charge in [-0.15, -0.1) is 22.7 Å². The summed E-state index contributed by atoms with van der Waals surface area (Å²) in [7, 11) is 0. The first-order valence-electron chi connectivity index (χ1n) is 10.4. The lowest BCUT2D eigenvalue weighted by Gasteiger charge is -2.17. The van der Waals surface area contributed by atoms with Gasteiger partial charge in [-0.3, -0.25) is 14.5 Å². The van der Waals surface area contributed by atoms with Crippen molar-refractivity contribution in [3.8, 4) is 21.7 Å². The van der Waals surface area contributed by atoms with E-state index in [1.165, 1.54) is 16.2 Å². The van der Waals surface area contributed by atoms with Crippen molar-refractivity contribution in [3.63, 3.8) is 0 Å². The van der Waals surface area contributed by atoms with Crippen LogP contribution in [0.4, 0.5) is 10.8 Å². The van der Waals surface area contributed by atoms with Gasteiger partial charge in [-0.1, -0.05) is 42.5 Å². The summed E-state index contributed by atoms with van der Waals surface area (Å²) in [6.45, 7) is 3.46. The number of aryl methyl sites for hydroxylation is 1. The van der Waals surface area contributed by atoms with Crippen LogP contribution in [0, 0.1) is 5.41 Å². The number of hydrogen-bond acceptors (Lipinski definition) is 6. The molecule has 0 fully saturated rings. The predicted octanol–water partition coefficient (Wildman–Crippen LogP) is 6.27. The zero-order chi connectivity index (χ0) is 23.4. The topological polar surface area (TPSA) is 83.4 Å². The molecule has 0 saturated heterocycles. The first-order chi connectivity index (χ1) is 15.9. The Morgan fingerprint density at radius 3 is 2.48 bits per heavy atom. The summed E-state index contributed by atoms with van der Waals surface area (Å²) >= 11 is 2.98. The lowest BCUT2D eigenvalue weighted by atomic mass is 9.88. The van der Waals surface area contributed by atoms with Gasteiger partial charge in [0.1, 0.15) is 0 Å². The number of benzene rings is 2.